The molecular formula is C15H20N4O2. The number of hydrogen-bond acceptors (Lipinski definition) is 6. The molecule has 2 atom stereocenters. The third kappa shape index (κ3) is 3.92. The number of carbonyl (C=O) groups excluding carboxylic acids is 1. The van der Waals surface area contributed by atoms with Crippen molar-refractivity contribution in [2.24, 2.45) is 5.92 Å². The van der Waals surface area contributed by atoms with E-state index in [1.54, 1.807) is 6.07 Å². The zero-order chi connectivity index (χ0) is 15.2. The van der Waals surface area contributed by atoms with Crippen molar-refractivity contribution in [2.45, 2.75) is 32.2 Å². The van der Waals surface area contributed by atoms with Gasteiger partial charge in [-0.05, 0) is 38.3 Å². The molecular weight excluding hydrogens is 268 g/mol. The number of nitrogens with zero attached hydrogens (tertiary/aromatic N) is 2. The van der Waals surface area contributed by atoms with E-state index in [1.165, 1.54) is 6.20 Å². The summed E-state index contributed by atoms with van der Waals surface area (Å²) in [4.78, 5) is 15.9. The van der Waals surface area contributed by atoms with Gasteiger partial charge in [0.15, 0.2) is 0 Å². The maximum Gasteiger partial charge on any atom is 0.306 e. The van der Waals surface area contributed by atoms with Crippen molar-refractivity contribution < 1.29 is 9.53 Å². The molecule has 2 heterocycles. The quantitative estimate of drug-likeness (QED) is 0.815. The van der Waals surface area contributed by atoms with Crippen LogP contribution in [0.25, 0.3) is 0 Å². The zero-order valence-electron chi connectivity index (χ0n) is 12.1. The Kier molecular flexibility index (Phi) is 5.12. The Balaban J connectivity index is 2.04. The molecule has 0 radical (unpaired) electrons. The van der Waals surface area contributed by atoms with Gasteiger partial charge in [0.25, 0.3) is 0 Å². The molecule has 0 amide bonds. The number of nitriles is 1. The minimum atomic E-state index is -0.149. The summed E-state index contributed by atoms with van der Waals surface area (Å²) in [6.45, 7) is 3.04. The minimum Gasteiger partial charge on any atom is -0.466 e. The summed E-state index contributed by atoms with van der Waals surface area (Å²) in [5.74, 6) is 0.121. The lowest BCUT2D eigenvalue weighted by Gasteiger charge is -2.30. The molecule has 0 spiro atoms. The van der Waals surface area contributed by atoms with Crippen molar-refractivity contribution in [1.82, 2.24) is 10.3 Å². The van der Waals surface area contributed by atoms with E-state index >= 15 is 0 Å². The highest BCUT2D eigenvalue weighted by atomic mass is 16.5. The molecule has 1 aliphatic rings. The van der Waals surface area contributed by atoms with Crippen LogP contribution in [0.3, 0.4) is 0 Å². The van der Waals surface area contributed by atoms with Crippen molar-refractivity contribution in [3.8, 4) is 6.07 Å². The van der Waals surface area contributed by atoms with Crippen LogP contribution in [0, 0.1) is 17.2 Å². The Morgan fingerprint density at radius 1 is 1.67 bits per heavy atom. The van der Waals surface area contributed by atoms with Crippen LogP contribution >= 0.6 is 0 Å². The molecule has 1 aromatic heterocycles. The van der Waals surface area contributed by atoms with Gasteiger partial charge in [0, 0.05) is 12.6 Å². The van der Waals surface area contributed by atoms with Crippen molar-refractivity contribution in [2.75, 3.05) is 18.9 Å². The minimum absolute atomic E-state index is 0.0194. The van der Waals surface area contributed by atoms with Crippen LogP contribution in [0.1, 0.15) is 43.5 Å². The lowest BCUT2D eigenvalue weighted by Crippen LogP contribution is -2.33. The molecule has 0 saturated carbocycles. The maximum absolute atomic E-state index is 11.6. The van der Waals surface area contributed by atoms with E-state index in [1.807, 2.05) is 13.0 Å². The number of rotatable bonds is 4. The fourth-order valence-corrected chi connectivity index (χ4v) is 2.69. The predicted molar refractivity (Wildman–Crippen MR) is 78.1 cm³/mol. The smallest absolute Gasteiger partial charge is 0.306 e. The molecule has 0 bridgehead atoms. The van der Waals surface area contributed by atoms with Crippen LogP contribution in [0.4, 0.5) is 5.69 Å². The van der Waals surface area contributed by atoms with Crippen molar-refractivity contribution in [1.29, 1.82) is 5.26 Å². The number of nitrogens with two attached hydrogens (primary N) is 1. The Morgan fingerprint density at radius 3 is 3.14 bits per heavy atom. The van der Waals surface area contributed by atoms with E-state index in [0.29, 0.717) is 24.3 Å². The molecule has 3 N–H and O–H groups in total. The summed E-state index contributed by atoms with van der Waals surface area (Å²) in [5.41, 5.74) is 7.70. The Hall–Kier alpha value is -2.13. The molecule has 2 rings (SSSR count). The Labute approximate surface area is 124 Å². The number of aromatic nitrogens is 1. The third-order valence-corrected chi connectivity index (χ3v) is 3.68. The first-order valence-corrected chi connectivity index (χ1v) is 7.18. The second-order valence-electron chi connectivity index (χ2n) is 5.22. The fourth-order valence-electron chi connectivity index (χ4n) is 2.69. The monoisotopic (exact) mass is 288 g/mol. The summed E-state index contributed by atoms with van der Waals surface area (Å²) in [5, 5.41) is 12.2. The number of carbonyl (C=O) groups is 1. The lowest BCUT2D eigenvalue weighted by molar-refractivity contribution is -0.144. The van der Waals surface area contributed by atoms with Gasteiger partial charge in [-0.1, -0.05) is 0 Å². The molecule has 6 nitrogen and oxygen atoms in total. The number of piperidine rings is 1. The first kappa shape index (κ1) is 15.3. The van der Waals surface area contributed by atoms with Crippen LogP contribution in [0.2, 0.25) is 0 Å². The van der Waals surface area contributed by atoms with Gasteiger partial charge in [-0.2, -0.15) is 5.26 Å². The molecule has 0 aliphatic carbocycles. The number of hydrogen-bond donors (Lipinski definition) is 2. The summed E-state index contributed by atoms with van der Waals surface area (Å²) in [6, 6.07) is 3.68. The number of esters is 1. The number of anilines is 1. The third-order valence-electron chi connectivity index (χ3n) is 3.68. The van der Waals surface area contributed by atoms with Gasteiger partial charge in [0.2, 0.25) is 0 Å². The molecule has 112 valence electrons. The average Bonchev–Trinajstić information content (AvgIpc) is 2.47. The van der Waals surface area contributed by atoms with E-state index in [-0.39, 0.29) is 17.9 Å². The van der Waals surface area contributed by atoms with Crippen LogP contribution < -0.4 is 11.1 Å². The van der Waals surface area contributed by atoms with E-state index in [9.17, 15) is 4.79 Å². The van der Waals surface area contributed by atoms with Gasteiger partial charge < -0.3 is 15.8 Å². The average molecular weight is 288 g/mol. The topological polar surface area (TPSA) is 101 Å². The number of nitrogens with one attached hydrogen (secondary N) is 1. The highest BCUT2D eigenvalue weighted by molar-refractivity contribution is 5.69. The normalized spacial score (nSPS) is 21.5. The standard InChI is InChI=1S/C15H20N4O2/c1-2-21-14(20)7-10-3-4-18-13(6-10)15-12(17)5-11(8-16)9-19-15/h5,9-10,13,18H,2-4,6-7,17H2,1H3. The number of ether oxygens (including phenoxy) is 1. The largest absolute Gasteiger partial charge is 0.466 e. The van der Waals surface area contributed by atoms with Gasteiger partial charge in [-0.15, -0.1) is 0 Å². The van der Waals surface area contributed by atoms with E-state index < -0.39 is 0 Å². The molecule has 0 aromatic carbocycles. The van der Waals surface area contributed by atoms with Gasteiger partial charge in [0.05, 0.1) is 29.6 Å². The van der Waals surface area contributed by atoms with Gasteiger partial charge in [-0.25, -0.2) is 0 Å². The second kappa shape index (κ2) is 7.04. The first-order chi connectivity index (χ1) is 10.1. The van der Waals surface area contributed by atoms with Crippen molar-refractivity contribution in [3.63, 3.8) is 0 Å². The predicted octanol–water partition coefficient (Wildman–Crippen LogP) is 1.53. The van der Waals surface area contributed by atoms with Gasteiger partial charge in [-0.3, -0.25) is 9.78 Å². The summed E-state index contributed by atoms with van der Waals surface area (Å²) in [7, 11) is 0. The van der Waals surface area contributed by atoms with Crippen LogP contribution in [-0.4, -0.2) is 24.1 Å². The lowest BCUT2D eigenvalue weighted by atomic mass is 9.88. The molecule has 1 aromatic rings. The molecule has 21 heavy (non-hydrogen) atoms. The van der Waals surface area contributed by atoms with Gasteiger partial charge >= 0.3 is 5.97 Å². The number of nitrogen functional groups attached to an aromatic ring is 1. The van der Waals surface area contributed by atoms with E-state index in [2.05, 4.69) is 10.3 Å². The van der Waals surface area contributed by atoms with Crippen LogP contribution in [0.15, 0.2) is 12.3 Å². The summed E-state index contributed by atoms with van der Waals surface area (Å²) < 4.78 is 5.00. The molecule has 6 heteroatoms. The molecule has 2 unspecified atom stereocenters. The first-order valence-electron chi connectivity index (χ1n) is 7.18. The Morgan fingerprint density at radius 2 is 2.48 bits per heavy atom. The number of pyridine rings is 1. The van der Waals surface area contributed by atoms with Crippen LogP contribution in [0.5, 0.6) is 0 Å². The molecule has 1 fully saturated rings. The molecule has 1 aliphatic heterocycles. The van der Waals surface area contributed by atoms with Crippen molar-refractivity contribution in [3.05, 3.63) is 23.5 Å². The van der Waals surface area contributed by atoms with Gasteiger partial charge in [0.1, 0.15) is 6.07 Å². The molecule has 1 saturated heterocycles. The summed E-state index contributed by atoms with van der Waals surface area (Å²) in [6.07, 6.45) is 3.69. The van der Waals surface area contributed by atoms with Crippen LogP contribution in [-0.2, 0) is 9.53 Å². The van der Waals surface area contributed by atoms with E-state index in [4.69, 9.17) is 15.7 Å². The zero-order valence-corrected chi connectivity index (χ0v) is 12.1. The second-order valence-corrected chi connectivity index (χ2v) is 5.22. The highest BCUT2D eigenvalue weighted by Gasteiger charge is 2.27. The fraction of sp³-hybridized carbons (Fsp3) is 0.533. The summed E-state index contributed by atoms with van der Waals surface area (Å²) >= 11 is 0. The Bertz CT molecular complexity index is 553. The van der Waals surface area contributed by atoms with Crippen molar-refractivity contribution >= 4 is 11.7 Å². The maximum atomic E-state index is 11.6. The van der Waals surface area contributed by atoms with E-state index in [0.717, 1.165) is 25.1 Å². The SMILES string of the molecule is CCOC(=O)CC1CCNC(c2ncc(C#N)cc2N)C1. The highest BCUT2D eigenvalue weighted by Crippen LogP contribution is 2.31.